The van der Waals surface area contributed by atoms with Crippen molar-refractivity contribution in [3.63, 3.8) is 0 Å². The molecule has 0 bridgehead atoms. The van der Waals surface area contributed by atoms with Crippen molar-refractivity contribution in [2.75, 3.05) is 13.1 Å². The van der Waals surface area contributed by atoms with Gasteiger partial charge in [0.25, 0.3) is 0 Å². The molecule has 4 heteroatoms. The zero-order valence-corrected chi connectivity index (χ0v) is 8.50. The summed E-state index contributed by atoms with van der Waals surface area (Å²) in [7, 11) is 0. The lowest BCUT2D eigenvalue weighted by Gasteiger charge is -2.30. The van der Waals surface area contributed by atoms with Gasteiger partial charge in [0.05, 0.1) is 12.1 Å². The average Bonchev–Trinajstić information content (AvgIpc) is 2.23. The number of rotatable bonds is 1. The summed E-state index contributed by atoms with van der Waals surface area (Å²) in [5.41, 5.74) is 0. The van der Waals surface area contributed by atoms with Gasteiger partial charge in [-0.2, -0.15) is 0 Å². The molecule has 2 atom stereocenters. The van der Waals surface area contributed by atoms with E-state index < -0.39 is 0 Å². The van der Waals surface area contributed by atoms with Crippen molar-refractivity contribution < 1.29 is 5.11 Å². The highest BCUT2D eigenvalue weighted by Gasteiger charge is 2.23. The third-order valence-corrected chi connectivity index (χ3v) is 2.95. The molecule has 80 valence electrons. The minimum Gasteiger partial charge on any atom is -0.391 e. The fourth-order valence-electron chi connectivity index (χ4n) is 2.08. The molecule has 2 rings (SSSR count). The van der Waals surface area contributed by atoms with E-state index in [1.165, 1.54) is 6.42 Å². The molecule has 0 saturated heterocycles. The van der Waals surface area contributed by atoms with Crippen molar-refractivity contribution in [3.05, 3.63) is 0 Å². The number of aliphatic hydroxyl groups excluding tert-OH is 1. The Morgan fingerprint density at radius 1 is 1.29 bits per heavy atom. The van der Waals surface area contributed by atoms with E-state index in [4.69, 9.17) is 0 Å². The monoisotopic (exact) mass is 197 g/mol. The van der Waals surface area contributed by atoms with E-state index in [2.05, 4.69) is 15.6 Å². The lowest BCUT2D eigenvalue weighted by atomic mass is 9.93. The van der Waals surface area contributed by atoms with E-state index in [0.29, 0.717) is 0 Å². The molecule has 2 aliphatic rings. The third kappa shape index (κ3) is 2.38. The molecular formula is C10H19N3O. The van der Waals surface area contributed by atoms with Crippen molar-refractivity contribution in [1.82, 2.24) is 10.6 Å². The molecule has 1 saturated carbocycles. The van der Waals surface area contributed by atoms with Crippen molar-refractivity contribution >= 4 is 5.96 Å². The van der Waals surface area contributed by atoms with E-state index >= 15 is 0 Å². The molecule has 0 aromatic heterocycles. The van der Waals surface area contributed by atoms with Gasteiger partial charge >= 0.3 is 0 Å². The Morgan fingerprint density at radius 3 is 2.86 bits per heavy atom. The van der Waals surface area contributed by atoms with Gasteiger partial charge in [0.2, 0.25) is 0 Å². The number of hydrogen-bond acceptors (Lipinski definition) is 4. The molecule has 0 aromatic rings. The number of aliphatic hydroxyl groups is 1. The fraction of sp³-hybridized carbons (Fsp3) is 0.900. The Morgan fingerprint density at radius 2 is 2.14 bits per heavy atom. The number of nitrogens with zero attached hydrogens (tertiary/aromatic N) is 1. The lowest BCUT2D eigenvalue weighted by molar-refractivity contribution is 0.0992. The van der Waals surface area contributed by atoms with Crippen molar-refractivity contribution in [2.45, 2.75) is 44.2 Å². The van der Waals surface area contributed by atoms with Gasteiger partial charge in [-0.05, 0) is 19.3 Å². The van der Waals surface area contributed by atoms with Gasteiger partial charge in [-0.25, -0.2) is 0 Å². The third-order valence-electron chi connectivity index (χ3n) is 2.95. The summed E-state index contributed by atoms with van der Waals surface area (Å²) in [4.78, 5) is 4.34. The molecular weight excluding hydrogens is 178 g/mol. The predicted molar refractivity (Wildman–Crippen MR) is 56.3 cm³/mol. The molecule has 1 fully saturated rings. The summed E-state index contributed by atoms with van der Waals surface area (Å²) in [6, 6.07) is 0.202. The topological polar surface area (TPSA) is 56.6 Å². The van der Waals surface area contributed by atoms with E-state index in [-0.39, 0.29) is 12.1 Å². The average molecular weight is 197 g/mol. The van der Waals surface area contributed by atoms with Crippen LogP contribution in [0.2, 0.25) is 0 Å². The van der Waals surface area contributed by atoms with Gasteiger partial charge in [0.15, 0.2) is 5.96 Å². The molecule has 1 heterocycles. The first kappa shape index (κ1) is 9.77. The van der Waals surface area contributed by atoms with Gasteiger partial charge in [-0.1, -0.05) is 12.8 Å². The zero-order chi connectivity index (χ0) is 9.80. The molecule has 0 radical (unpaired) electrons. The van der Waals surface area contributed by atoms with Crippen molar-refractivity contribution in [3.8, 4) is 0 Å². The fourth-order valence-corrected chi connectivity index (χ4v) is 2.08. The largest absolute Gasteiger partial charge is 0.391 e. The Hall–Kier alpha value is -0.770. The summed E-state index contributed by atoms with van der Waals surface area (Å²) < 4.78 is 0. The highest BCUT2D eigenvalue weighted by atomic mass is 16.3. The molecule has 0 amide bonds. The second-order valence-corrected chi connectivity index (χ2v) is 4.11. The van der Waals surface area contributed by atoms with E-state index in [1.807, 2.05) is 0 Å². The minimum absolute atomic E-state index is 0.199. The first-order valence-electron chi connectivity index (χ1n) is 5.59. The summed E-state index contributed by atoms with van der Waals surface area (Å²) in [5.74, 6) is 0.877. The molecule has 2 unspecified atom stereocenters. The Balaban J connectivity index is 1.85. The molecule has 1 aliphatic heterocycles. The number of nitrogens with one attached hydrogen (secondary N) is 2. The molecule has 0 spiro atoms. The van der Waals surface area contributed by atoms with Crippen LogP contribution in [0.4, 0.5) is 0 Å². The SMILES string of the molecule is OC1CCCCC1NC1=NCCCN1. The maximum atomic E-state index is 9.75. The first-order chi connectivity index (χ1) is 6.86. The maximum Gasteiger partial charge on any atom is 0.191 e. The van der Waals surface area contributed by atoms with Crippen LogP contribution in [0.3, 0.4) is 0 Å². The second kappa shape index (κ2) is 4.64. The van der Waals surface area contributed by atoms with E-state index in [9.17, 15) is 5.11 Å². The van der Waals surface area contributed by atoms with Crippen LogP contribution in [0.1, 0.15) is 32.1 Å². The van der Waals surface area contributed by atoms with Crippen LogP contribution < -0.4 is 10.6 Å². The van der Waals surface area contributed by atoms with Crippen LogP contribution >= 0.6 is 0 Å². The van der Waals surface area contributed by atoms with Crippen molar-refractivity contribution in [1.29, 1.82) is 0 Å². The Bertz CT molecular complexity index is 217. The predicted octanol–water partition coefficient (Wildman–Crippen LogP) is 0.229. The Kier molecular flexibility index (Phi) is 3.24. The van der Waals surface area contributed by atoms with Gasteiger partial charge in [0, 0.05) is 13.1 Å². The molecule has 1 aliphatic carbocycles. The second-order valence-electron chi connectivity index (χ2n) is 4.11. The summed E-state index contributed by atoms with van der Waals surface area (Å²) in [6.07, 6.45) is 5.25. The standard InChI is InChI=1S/C10H19N3O/c14-9-5-2-1-4-8(9)13-10-11-6-3-7-12-10/h8-9,14H,1-7H2,(H2,11,12,13). The smallest absolute Gasteiger partial charge is 0.191 e. The van der Waals surface area contributed by atoms with Crippen LogP contribution in [-0.4, -0.2) is 36.3 Å². The number of guanidine groups is 1. The quantitative estimate of drug-likeness (QED) is 0.564. The highest BCUT2D eigenvalue weighted by Crippen LogP contribution is 2.18. The van der Waals surface area contributed by atoms with Crippen LogP contribution in [0, 0.1) is 0 Å². The van der Waals surface area contributed by atoms with Crippen LogP contribution in [0.5, 0.6) is 0 Å². The van der Waals surface area contributed by atoms with Crippen LogP contribution in [-0.2, 0) is 0 Å². The number of aliphatic imine (C=N–C) groups is 1. The Labute approximate surface area is 84.8 Å². The summed E-state index contributed by atoms with van der Waals surface area (Å²) in [6.45, 7) is 1.90. The van der Waals surface area contributed by atoms with Crippen LogP contribution in [0.25, 0.3) is 0 Å². The molecule has 4 nitrogen and oxygen atoms in total. The zero-order valence-electron chi connectivity index (χ0n) is 8.50. The van der Waals surface area contributed by atoms with Gasteiger partial charge in [-0.15, -0.1) is 0 Å². The lowest BCUT2D eigenvalue weighted by Crippen LogP contribution is -2.51. The summed E-state index contributed by atoms with van der Waals surface area (Å²) in [5, 5.41) is 16.3. The van der Waals surface area contributed by atoms with Gasteiger partial charge in [-0.3, -0.25) is 4.99 Å². The maximum absolute atomic E-state index is 9.75. The van der Waals surface area contributed by atoms with Crippen LogP contribution in [0.15, 0.2) is 4.99 Å². The van der Waals surface area contributed by atoms with Gasteiger partial charge in [0.1, 0.15) is 0 Å². The molecule has 14 heavy (non-hydrogen) atoms. The van der Waals surface area contributed by atoms with Gasteiger partial charge < -0.3 is 15.7 Å². The number of hydrogen-bond donors (Lipinski definition) is 3. The van der Waals surface area contributed by atoms with E-state index in [1.54, 1.807) is 0 Å². The van der Waals surface area contributed by atoms with E-state index in [0.717, 1.165) is 44.7 Å². The summed E-state index contributed by atoms with van der Waals surface area (Å²) >= 11 is 0. The van der Waals surface area contributed by atoms with Crippen molar-refractivity contribution in [2.24, 2.45) is 4.99 Å². The minimum atomic E-state index is -0.199. The molecule has 0 aromatic carbocycles. The highest BCUT2D eigenvalue weighted by molar-refractivity contribution is 5.80. The normalized spacial score (nSPS) is 33.1. The first-order valence-corrected chi connectivity index (χ1v) is 5.59. The molecule has 3 N–H and O–H groups in total.